The number of carbonyl (C=O) groups is 1. The smallest absolute Gasteiger partial charge is 0.431 e. The van der Waals surface area contributed by atoms with Crippen molar-refractivity contribution in [3.8, 4) is 0 Å². The third kappa shape index (κ3) is 18.2. The molecule has 12 heteroatoms. The maximum absolute atomic E-state index is 12.2. The molecule has 0 bridgehead atoms. The summed E-state index contributed by atoms with van der Waals surface area (Å²) in [6.07, 6.45) is 17.3. The maximum Gasteiger partial charge on any atom is 0.508 e. The lowest BCUT2D eigenvalue weighted by molar-refractivity contribution is -0.0272. The van der Waals surface area contributed by atoms with Gasteiger partial charge in [-0.25, -0.2) is 4.79 Å². The third-order valence-corrected chi connectivity index (χ3v) is 10.2. The molecule has 1 aliphatic rings. The standard InChI is InChI=1S/C33H55BNO7PS2/c1-3-4-5-6-7-8-9-10-11-12-13-14-18-23-30(44)35-24-19-22-28-31(42-43(37,45)38-2)29(41-32(28)34)26-40-33(36)39-25-27-20-16-15-17-21-27/h15-17,20-21,28-29,31-32H,3-14,18-19,22-26H2,1-2H3,(H,35,44)(H,37,45)/t28?,29-,31-,32-,43?/m1/s1. The molecule has 1 fully saturated rings. The number of benzene rings is 1. The molecule has 2 N–H and O–H groups in total. The Kier molecular flexibility index (Phi) is 21.5. The molecule has 2 radical (unpaired) electrons. The molecule has 2 unspecified atom stereocenters. The Hall–Kier alpha value is -1.07. The predicted octanol–water partition coefficient (Wildman–Crippen LogP) is 8.28. The van der Waals surface area contributed by atoms with Crippen molar-refractivity contribution >= 4 is 49.7 Å². The van der Waals surface area contributed by atoms with E-state index in [9.17, 15) is 9.69 Å². The van der Waals surface area contributed by atoms with E-state index in [2.05, 4.69) is 12.2 Å². The van der Waals surface area contributed by atoms with Crippen molar-refractivity contribution in [1.29, 1.82) is 0 Å². The number of hydrogen-bond donors (Lipinski definition) is 2. The van der Waals surface area contributed by atoms with Crippen LogP contribution in [0.3, 0.4) is 0 Å². The summed E-state index contributed by atoms with van der Waals surface area (Å²) in [6, 6.07) is 8.61. The summed E-state index contributed by atoms with van der Waals surface area (Å²) in [7, 11) is 7.59. The van der Waals surface area contributed by atoms with Crippen LogP contribution in [0.4, 0.5) is 4.79 Å². The lowest BCUT2D eigenvalue weighted by Crippen LogP contribution is -2.34. The molecule has 1 heterocycles. The average Bonchev–Trinajstić information content (AvgIpc) is 3.32. The molecule has 5 atom stereocenters. The first kappa shape index (κ1) is 40.1. The van der Waals surface area contributed by atoms with Gasteiger partial charge in [0.25, 0.3) is 0 Å². The van der Waals surface area contributed by atoms with E-state index in [1.54, 1.807) is 0 Å². The summed E-state index contributed by atoms with van der Waals surface area (Å²) in [6.45, 7) is -0.642. The topological polar surface area (TPSA) is 95.5 Å². The zero-order valence-electron chi connectivity index (χ0n) is 27.4. The number of carbonyl (C=O) groups excluding carboxylic acids is 1. The minimum Gasteiger partial charge on any atom is -0.431 e. The molecule has 1 aromatic rings. The second kappa shape index (κ2) is 24.1. The number of thiocarbonyl (C=S) groups is 1. The highest BCUT2D eigenvalue weighted by atomic mass is 32.5. The van der Waals surface area contributed by atoms with Gasteiger partial charge in [0.15, 0.2) is 0 Å². The molecule has 1 saturated heterocycles. The summed E-state index contributed by atoms with van der Waals surface area (Å²) in [5.74, 6) is -0.292. The first-order chi connectivity index (χ1) is 21.8. The number of hydrogen-bond acceptors (Lipinski definition) is 8. The van der Waals surface area contributed by atoms with Crippen LogP contribution in [0.5, 0.6) is 0 Å². The van der Waals surface area contributed by atoms with Gasteiger partial charge in [0.05, 0.1) is 4.99 Å². The van der Waals surface area contributed by atoms with E-state index in [4.69, 9.17) is 55.1 Å². The van der Waals surface area contributed by atoms with E-state index in [0.717, 1.165) is 29.8 Å². The van der Waals surface area contributed by atoms with Crippen LogP contribution in [0, 0.1) is 5.92 Å². The first-order valence-electron chi connectivity index (χ1n) is 16.8. The van der Waals surface area contributed by atoms with Crippen LogP contribution in [-0.4, -0.2) is 62.4 Å². The summed E-state index contributed by atoms with van der Waals surface area (Å²) < 4.78 is 27.1. The lowest BCUT2D eigenvalue weighted by Gasteiger charge is -2.27. The Morgan fingerprint density at radius 2 is 1.56 bits per heavy atom. The Morgan fingerprint density at radius 1 is 0.956 bits per heavy atom. The molecule has 254 valence electrons. The molecular weight excluding hydrogens is 628 g/mol. The molecule has 45 heavy (non-hydrogen) atoms. The maximum atomic E-state index is 12.2. The van der Waals surface area contributed by atoms with Crippen molar-refractivity contribution in [1.82, 2.24) is 5.32 Å². The molecule has 0 saturated carbocycles. The summed E-state index contributed by atoms with van der Waals surface area (Å²) in [4.78, 5) is 23.4. The van der Waals surface area contributed by atoms with Gasteiger partial charge in [-0.3, -0.25) is 0 Å². The number of rotatable bonds is 25. The molecule has 0 spiro atoms. The normalized spacial score (nSPS) is 20.9. The van der Waals surface area contributed by atoms with Gasteiger partial charge in [0.1, 0.15) is 33.3 Å². The van der Waals surface area contributed by atoms with Crippen molar-refractivity contribution in [2.75, 3.05) is 20.3 Å². The molecule has 2 rings (SSSR count). The fourth-order valence-electron chi connectivity index (χ4n) is 5.51. The van der Waals surface area contributed by atoms with E-state index >= 15 is 0 Å². The molecule has 8 nitrogen and oxygen atoms in total. The monoisotopic (exact) mass is 683 g/mol. The second-order valence-corrected chi connectivity index (χ2v) is 15.2. The Balaban J connectivity index is 1.62. The van der Waals surface area contributed by atoms with Crippen LogP contribution in [0.2, 0.25) is 0 Å². The van der Waals surface area contributed by atoms with Crippen LogP contribution in [0.1, 0.15) is 115 Å². The van der Waals surface area contributed by atoms with E-state index in [0.29, 0.717) is 13.0 Å². The Morgan fingerprint density at radius 3 is 2.16 bits per heavy atom. The fraction of sp³-hybridized carbons (Fsp3) is 0.758. The van der Waals surface area contributed by atoms with E-state index in [1.165, 1.54) is 84.2 Å². The zero-order chi connectivity index (χ0) is 32.8. The van der Waals surface area contributed by atoms with Gasteiger partial charge in [-0.05, 0) is 43.1 Å². The summed E-state index contributed by atoms with van der Waals surface area (Å²) in [5.41, 5.74) is 0.841. The highest BCUT2D eigenvalue weighted by Gasteiger charge is 2.45. The zero-order valence-corrected chi connectivity index (χ0v) is 29.9. The molecule has 1 aliphatic heterocycles. The van der Waals surface area contributed by atoms with Crippen molar-refractivity contribution in [2.24, 2.45) is 5.92 Å². The number of unbranched alkanes of at least 4 members (excludes halogenated alkanes) is 12. The summed E-state index contributed by atoms with van der Waals surface area (Å²) in [5, 5.41) is 3.35. The van der Waals surface area contributed by atoms with Gasteiger partial charge in [0, 0.05) is 25.6 Å². The number of nitrogens with one attached hydrogen (secondary N) is 1. The Bertz CT molecular complexity index is 993. The third-order valence-electron chi connectivity index (χ3n) is 8.14. The fourth-order valence-corrected chi connectivity index (χ4v) is 6.74. The van der Waals surface area contributed by atoms with Crippen LogP contribution >= 0.6 is 18.9 Å². The van der Waals surface area contributed by atoms with Gasteiger partial charge in [-0.2, -0.15) is 0 Å². The largest absolute Gasteiger partial charge is 0.508 e. The van der Waals surface area contributed by atoms with Crippen LogP contribution < -0.4 is 5.32 Å². The minimum atomic E-state index is -3.52. The first-order valence-corrected chi connectivity index (χ1v) is 19.8. The van der Waals surface area contributed by atoms with Gasteiger partial charge >= 0.3 is 12.9 Å². The van der Waals surface area contributed by atoms with Crippen molar-refractivity contribution in [3.05, 3.63) is 35.9 Å². The highest BCUT2D eigenvalue weighted by Crippen LogP contribution is 2.48. The predicted molar refractivity (Wildman–Crippen MR) is 189 cm³/mol. The molecular formula is C33H55BNO7PS2. The van der Waals surface area contributed by atoms with E-state index < -0.39 is 31.1 Å². The van der Waals surface area contributed by atoms with E-state index in [1.807, 2.05) is 30.3 Å². The Labute approximate surface area is 283 Å². The lowest BCUT2D eigenvalue weighted by atomic mass is 9.82. The molecule has 1 aromatic carbocycles. The van der Waals surface area contributed by atoms with Crippen LogP contribution in [0.25, 0.3) is 0 Å². The SMILES string of the molecule is [B][C@@H]1O[C@H](COC(=O)OCc2ccccc2)[C@H](OP(O)(=S)OC)C1CCCNC(=S)CCCCCCCCCCCCCCC. The highest BCUT2D eigenvalue weighted by molar-refractivity contribution is 8.07. The second-order valence-electron chi connectivity index (χ2n) is 11.8. The quantitative estimate of drug-likeness (QED) is 0.0345. The average molecular weight is 684 g/mol. The van der Waals surface area contributed by atoms with Crippen molar-refractivity contribution < 1.29 is 32.9 Å². The molecule has 0 aliphatic carbocycles. The van der Waals surface area contributed by atoms with Gasteiger partial charge in [-0.15, -0.1) is 0 Å². The molecule has 0 amide bonds. The van der Waals surface area contributed by atoms with Crippen LogP contribution in [0.15, 0.2) is 30.3 Å². The van der Waals surface area contributed by atoms with Crippen LogP contribution in [-0.2, 0) is 41.7 Å². The number of ether oxygens (including phenoxy) is 3. The van der Waals surface area contributed by atoms with Gasteiger partial charge in [-0.1, -0.05) is 127 Å². The van der Waals surface area contributed by atoms with E-state index in [-0.39, 0.29) is 19.1 Å². The minimum absolute atomic E-state index is 0.0859. The molecule has 0 aromatic heterocycles. The summed E-state index contributed by atoms with van der Waals surface area (Å²) >= 11 is 10.6. The van der Waals surface area contributed by atoms with Crippen molar-refractivity contribution in [2.45, 2.75) is 134 Å². The van der Waals surface area contributed by atoms with Crippen molar-refractivity contribution in [3.63, 3.8) is 0 Å². The van der Waals surface area contributed by atoms with Gasteiger partial charge in [0.2, 0.25) is 0 Å². The van der Waals surface area contributed by atoms with Gasteiger partial charge < -0.3 is 33.5 Å².